The zero-order valence-electron chi connectivity index (χ0n) is 9.62. The highest BCUT2D eigenvalue weighted by molar-refractivity contribution is 5.87. The first-order chi connectivity index (χ1) is 7.61. The van der Waals surface area contributed by atoms with Gasteiger partial charge in [-0.15, -0.1) is 0 Å². The molecule has 0 aliphatic carbocycles. The Labute approximate surface area is 94.7 Å². The maximum atomic E-state index is 11.2. The second kappa shape index (κ2) is 5.72. The van der Waals surface area contributed by atoms with E-state index >= 15 is 0 Å². The molecule has 0 amide bonds. The van der Waals surface area contributed by atoms with Gasteiger partial charge in [-0.05, 0) is 6.92 Å². The zero-order chi connectivity index (χ0) is 12.0. The van der Waals surface area contributed by atoms with Gasteiger partial charge in [0.1, 0.15) is 5.70 Å². The van der Waals surface area contributed by atoms with Crippen molar-refractivity contribution in [3.8, 4) is 0 Å². The third-order valence-corrected chi connectivity index (χ3v) is 2.36. The van der Waals surface area contributed by atoms with E-state index in [-0.39, 0.29) is 5.70 Å². The Morgan fingerprint density at radius 1 is 1.56 bits per heavy atom. The summed E-state index contributed by atoms with van der Waals surface area (Å²) in [6, 6.07) is 0. The Bertz CT molecular complexity index is 272. The van der Waals surface area contributed by atoms with Gasteiger partial charge in [0.2, 0.25) is 0 Å². The molecule has 92 valence electrons. The lowest BCUT2D eigenvalue weighted by Gasteiger charge is -2.22. The molecule has 1 aliphatic rings. The van der Waals surface area contributed by atoms with Gasteiger partial charge in [0.15, 0.2) is 5.79 Å². The van der Waals surface area contributed by atoms with Gasteiger partial charge in [-0.3, -0.25) is 0 Å². The molecule has 6 nitrogen and oxygen atoms in total. The average molecular weight is 230 g/mol. The lowest BCUT2D eigenvalue weighted by Crippen LogP contribution is -2.32. The van der Waals surface area contributed by atoms with Crippen molar-refractivity contribution in [2.24, 2.45) is 5.73 Å². The van der Waals surface area contributed by atoms with Gasteiger partial charge in [0, 0.05) is 19.2 Å². The minimum absolute atomic E-state index is 0.240. The largest absolute Gasteiger partial charge is 0.464 e. The summed E-state index contributed by atoms with van der Waals surface area (Å²) >= 11 is 0. The van der Waals surface area contributed by atoms with Gasteiger partial charge >= 0.3 is 5.97 Å². The van der Waals surface area contributed by atoms with Crippen molar-refractivity contribution in [2.45, 2.75) is 19.1 Å². The normalized spacial score (nSPS) is 19.5. The fourth-order valence-electron chi connectivity index (χ4n) is 1.43. The first kappa shape index (κ1) is 12.8. The Balaban J connectivity index is 2.31. The van der Waals surface area contributed by atoms with E-state index in [2.05, 4.69) is 10.1 Å². The number of methoxy groups -OCH3 is 1. The number of nitrogens with two attached hydrogens (primary N) is 1. The average Bonchev–Trinajstić information content (AvgIpc) is 2.71. The number of esters is 1. The molecule has 0 unspecified atom stereocenters. The number of ether oxygens (including phenoxy) is 3. The van der Waals surface area contributed by atoms with Crippen LogP contribution < -0.4 is 11.1 Å². The van der Waals surface area contributed by atoms with Crippen LogP contribution in [-0.4, -0.2) is 38.6 Å². The Hall–Kier alpha value is -1.27. The summed E-state index contributed by atoms with van der Waals surface area (Å²) in [6.45, 7) is 3.60. The lowest BCUT2D eigenvalue weighted by atomic mass is 10.2. The van der Waals surface area contributed by atoms with Crippen LogP contribution in [0.4, 0.5) is 0 Å². The molecule has 1 saturated heterocycles. The van der Waals surface area contributed by atoms with Crippen molar-refractivity contribution in [2.75, 3.05) is 26.9 Å². The first-order valence-corrected chi connectivity index (χ1v) is 5.13. The molecule has 1 aliphatic heterocycles. The highest BCUT2D eigenvalue weighted by atomic mass is 16.7. The van der Waals surface area contributed by atoms with E-state index in [0.29, 0.717) is 26.2 Å². The molecule has 1 heterocycles. The zero-order valence-corrected chi connectivity index (χ0v) is 9.62. The van der Waals surface area contributed by atoms with E-state index in [4.69, 9.17) is 15.2 Å². The molecule has 0 spiro atoms. The Morgan fingerprint density at radius 3 is 2.69 bits per heavy atom. The fourth-order valence-corrected chi connectivity index (χ4v) is 1.43. The van der Waals surface area contributed by atoms with Crippen molar-refractivity contribution in [3.05, 3.63) is 11.9 Å². The van der Waals surface area contributed by atoms with Gasteiger partial charge in [-0.25, -0.2) is 4.79 Å². The standard InChI is InChI=1S/C10H18N2O4/c1-10(15-5-6-16-10)3-4-12-8(7-11)9(13)14-2/h7,12H,3-6,11H2,1-2H3/b8-7-. The number of hydrogen-bond donors (Lipinski definition) is 2. The third-order valence-electron chi connectivity index (χ3n) is 2.36. The van der Waals surface area contributed by atoms with Crippen molar-refractivity contribution in [3.63, 3.8) is 0 Å². The van der Waals surface area contributed by atoms with E-state index < -0.39 is 11.8 Å². The highest BCUT2D eigenvalue weighted by Crippen LogP contribution is 2.21. The van der Waals surface area contributed by atoms with Crippen LogP contribution in [0.3, 0.4) is 0 Å². The van der Waals surface area contributed by atoms with Crippen LogP contribution in [0.1, 0.15) is 13.3 Å². The minimum atomic E-state index is -0.567. The fraction of sp³-hybridized carbons (Fsp3) is 0.700. The highest BCUT2D eigenvalue weighted by Gasteiger charge is 2.30. The lowest BCUT2D eigenvalue weighted by molar-refractivity contribution is -0.146. The maximum Gasteiger partial charge on any atom is 0.355 e. The maximum absolute atomic E-state index is 11.2. The summed E-state index contributed by atoms with van der Waals surface area (Å²) in [5, 5.41) is 2.87. The predicted octanol–water partition coefficient (Wildman–Crippen LogP) is -0.298. The van der Waals surface area contributed by atoms with Crippen LogP contribution >= 0.6 is 0 Å². The number of rotatable bonds is 5. The number of carbonyl (C=O) groups excluding carboxylic acids is 1. The summed E-state index contributed by atoms with van der Waals surface area (Å²) < 4.78 is 15.4. The number of hydrogen-bond acceptors (Lipinski definition) is 6. The van der Waals surface area contributed by atoms with Crippen LogP contribution in [0.5, 0.6) is 0 Å². The second-order valence-corrected chi connectivity index (χ2v) is 3.58. The molecule has 0 aromatic heterocycles. The van der Waals surface area contributed by atoms with Gasteiger partial charge in [0.25, 0.3) is 0 Å². The molecule has 16 heavy (non-hydrogen) atoms. The van der Waals surface area contributed by atoms with Gasteiger partial charge < -0.3 is 25.3 Å². The van der Waals surface area contributed by atoms with Crippen molar-refractivity contribution < 1.29 is 19.0 Å². The Kier molecular flexibility index (Phi) is 4.57. The summed E-state index contributed by atoms with van der Waals surface area (Å²) in [4.78, 5) is 11.2. The molecule has 6 heteroatoms. The van der Waals surface area contributed by atoms with Crippen molar-refractivity contribution in [1.29, 1.82) is 0 Å². The molecule has 0 aromatic rings. The smallest absolute Gasteiger partial charge is 0.355 e. The van der Waals surface area contributed by atoms with Gasteiger partial charge in [-0.2, -0.15) is 0 Å². The van der Waals surface area contributed by atoms with E-state index in [9.17, 15) is 4.79 Å². The predicted molar refractivity (Wildman–Crippen MR) is 57.2 cm³/mol. The summed E-state index contributed by atoms with van der Waals surface area (Å²) in [7, 11) is 1.30. The quantitative estimate of drug-likeness (QED) is 0.498. The molecule has 1 fully saturated rings. The Morgan fingerprint density at radius 2 is 2.19 bits per heavy atom. The third kappa shape index (κ3) is 3.39. The SMILES string of the molecule is COC(=O)/C(=C/N)NCCC1(C)OCCO1. The van der Waals surface area contributed by atoms with Gasteiger partial charge in [0.05, 0.1) is 20.3 Å². The van der Waals surface area contributed by atoms with E-state index in [0.717, 1.165) is 0 Å². The van der Waals surface area contributed by atoms with Crippen LogP contribution in [0, 0.1) is 0 Å². The first-order valence-electron chi connectivity index (χ1n) is 5.13. The van der Waals surface area contributed by atoms with Crippen LogP contribution in [0.2, 0.25) is 0 Å². The molecule has 0 atom stereocenters. The molecule has 3 N–H and O–H groups in total. The number of carbonyl (C=O) groups is 1. The molecular weight excluding hydrogens is 212 g/mol. The van der Waals surface area contributed by atoms with Crippen molar-refractivity contribution in [1.82, 2.24) is 5.32 Å². The van der Waals surface area contributed by atoms with E-state index in [1.54, 1.807) is 0 Å². The molecule has 1 rings (SSSR count). The number of nitrogens with one attached hydrogen (secondary N) is 1. The van der Waals surface area contributed by atoms with Crippen LogP contribution in [-0.2, 0) is 19.0 Å². The van der Waals surface area contributed by atoms with Crippen LogP contribution in [0.15, 0.2) is 11.9 Å². The monoisotopic (exact) mass is 230 g/mol. The van der Waals surface area contributed by atoms with E-state index in [1.165, 1.54) is 13.3 Å². The molecule has 0 aromatic carbocycles. The van der Waals surface area contributed by atoms with Crippen molar-refractivity contribution >= 4 is 5.97 Å². The molecule has 0 radical (unpaired) electrons. The van der Waals surface area contributed by atoms with Crippen LogP contribution in [0.25, 0.3) is 0 Å². The molecule has 0 bridgehead atoms. The topological polar surface area (TPSA) is 82.8 Å². The summed E-state index contributed by atoms with van der Waals surface area (Å²) in [6.07, 6.45) is 1.81. The van der Waals surface area contributed by atoms with E-state index in [1.807, 2.05) is 6.92 Å². The van der Waals surface area contributed by atoms with Gasteiger partial charge in [-0.1, -0.05) is 0 Å². The molecular formula is C10H18N2O4. The molecule has 0 saturated carbocycles. The summed E-state index contributed by atoms with van der Waals surface area (Å²) in [5.74, 6) is -1.05. The summed E-state index contributed by atoms with van der Waals surface area (Å²) in [5.41, 5.74) is 5.53. The second-order valence-electron chi connectivity index (χ2n) is 3.58. The minimum Gasteiger partial charge on any atom is -0.464 e.